The highest BCUT2D eigenvalue weighted by atomic mass is 19.3. The fraction of sp³-hybridized carbons (Fsp3) is 0.682. The van der Waals surface area contributed by atoms with Crippen molar-refractivity contribution < 1.29 is 23.0 Å². The molecule has 28 heavy (non-hydrogen) atoms. The Morgan fingerprint density at radius 2 is 1.75 bits per heavy atom. The van der Waals surface area contributed by atoms with E-state index in [9.17, 15) is 13.6 Å². The molecule has 0 aromatic heterocycles. The van der Waals surface area contributed by atoms with Crippen molar-refractivity contribution in [2.45, 2.75) is 58.6 Å². The fourth-order valence-corrected chi connectivity index (χ4v) is 6.24. The molecule has 0 unspecified atom stereocenters. The zero-order chi connectivity index (χ0) is 19.9. The van der Waals surface area contributed by atoms with Crippen LogP contribution in [0.4, 0.5) is 8.78 Å². The topological polar surface area (TPSA) is 38.8 Å². The Balaban J connectivity index is 1.48. The summed E-state index contributed by atoms with van der Waals surface area (Å²) in [5, 5.41) is 0. The molecular weight excluding hydrogens is 364 g/mol. The average Bonchev–Trinajstić information content (AvgIpc) is 2.62. The third kappa shape index (κ3) is 3.70. The summed E-state index contributed by atoms with van der Waals surface area (Å²) in [6.45, 7) is -0.312. The number of amides is 1. The Labute approximate surface area is 165 Å². The molecule has 4 bridgehead atoms. The number of carbonyl (C=O) groups is 1. The standard InChI is InChI=1S/C22H29F2NO3/c1-3-27-19-9-14(4-5-18(19)28-21(23)24)13-25(2)20(26)22-10-15-6-16(11-22)8-17(7-15)12-22/h4-5,9,15-17,21H,3,6-8,10-13H2,1-2H3. The molecule has 0 radical (unpaired) electrons. The lowest BCUT2D eigenvalue weighted by Gasteiger charge is -2.56. The summed E-state index contributed by atoms with van der Waals surface area (Å²) < 4.78 is 35.2. The SMILES string of the molecule is CCOc1cc(CN(C)C(=O)C23CC4CC(CC(C4)C2)C3)ccc1OC(F)F. The Hall–Kier alpha value is -1.85. The van der Waals surface area contributed by atoms with Crippen LogP contribution in [-0.4, -0.2) is 31.1 Å². The van der Waals surface area contributed by atoms with E-state index < -0.39 is 6.61 Å². The van der Waals surface area contributed by atoms with Crippen LogP contribution < -0.4 is 9.47 Å². The Morgan fingerprint density at radius 3 is 2.29 bits per heavy atom. The van der Waals surface area contributed by atoms with E-state index in [1.54, 1.807) is 19.1 Å². The lowest BCUT2D eigenvalue weighted by atomic mass is 9.49. The number of benzene rings is 1. The van der Waals surface area contributed by atoms with Crippen molar-refractivity contribution in [3.05, 3.63) is 23.8 Å². The molecule has 0 aliphatic heterocycles. The zero-order valence-corrected chi connectivity index (χ0v) is 16.6. The predicted molar refractivity (Wildman–Crippen MR) is 101 cm³/mol. The molecule has 4 aliphatic carbocycles. The summed E-state index contributed by atoms with van der Waals surface area (Å²) in [7, 11) is 1.85. The fourth-order valence-electron chi connectivity index (χ4n) is 6.24. The summed E-state index contributed by atoms with van der Waals surface area (Å²) in [5.41, 5.74) is 0.677. The van der Waals surface area contributed by atoms with E-state index in [1.165, 1.54) is 25.3 Å². The first-order valence-corrected chi connectivity index (χ1v) is 10.3. The summed E-state index contributed by atoms with van der Waals surface area (Å²) in [6, 6.07) is 4.92. The van der Waals surface area contributed by atoms with Crippen molar-refractivity contribution in [3.8, 4) is 11.5 Å². The van der Waals surface area contributed by atoms with Gasteiger partial charge in [0.05, 0.1) is 12.0 Å². The molecule has 0 atom stereocenters. The number of hydrogen-bond donors (Lipinski definition) is 0. The van der Waals surface area contributed by atoms with E-state index in [0.717, 1.165) is 42.6 Å². The van der Waals surface area contributed by atoms with Crippen LogP contribution >= 0.6 is 0 Å². The Bertz CT molecular complexity index is 701. The van der Waals surface area contributed by atoms with Crippen LogP contribution in [0.15, 0.2) is 18.2 Å². The van der Waals surface area contributed by atoms with Crippen molar-refractivity contribution in [3.63, 3.8) is 0 Å². The molecular formula is C22H29F2NO3. The van der Waals surface area contributed by atoms with Gasteiger partial charge in [-0.05, 0) is 80.9 Å². The van der Waals surface area contributed by atoms with Gasteiger partial charge in [-0.1, -0.05) is 6.07 Å². The molecule has 154 valence electrons. The van der Waals surface area contributed by atoms with Crippen LogP contribution in [0.1, 0.15) is 51.0 Å². The van der Waals surface area contributed by atoms with E-state index in [4.69, 9.17) is 4.74 Å². The summed E-state index contributed by atoms with van der Waals surface area (Å²) in [4.78, 5) is 15.2. The molecule has 4 aliphatic rings. The summed E-state index contributed by atoms with van der Waals surface area (Å²) >= 11 is 0. The first kappa shape index (κ1) is 19.5. The van der Waals surface area contributed by atoms with Crippen LogP contribution in [0, 0.1) is 23.2 Å². The van der Waals surface area contributed by atoms with Gasteiger partial charge >= 0.3 is 6.61 Å². The number of nitrogens with zero attached hydrogens (tertiary/aromatic N) is 1. The van der Waals surface area contributed by atoms with Crippen LogP contribution in [0.3, 0.4) is 0 Å². The highest BCUT2D eigenvalue weighted by molar-refractivity contribution is 5.83. The Morgan fingerprint density at radius 1 is 1.14 bits per heavy atom. The number of hydrogen-bond acceptors (Lipinski definition) is 3. The maximum absolute atomic E-state index is 13.4. The third-order valence-corrected chi connectivity index (χ3v) is 6.78. The van der Waals surface area contributed by atoms with Crippen molar-refractivity contribution in [1.82, 2.24) is 4.90 Å². The van der Waals surface area contributed by atoms with E-state index in [0.29, 0.717) is 13.2 Å². The molecule has 0 saturated heterocycles. The molecule has 0 heterocycles. The lowest BCUT2D eigenvalue weighted by molar-refractivity contribution is -0.156. The normalized spacial score (nSPS) is 30.5. The second-order valence-electron chi connectivity index (χ2n) is 8.95. The maximum atomic E-state index is 13.4. The van der Waals surface area contributed by atoms with Crippen molar-refractivity contribution in [1.29, 1.82) is 0 Å². The van der Waals surface area contributed by atoms with E-state index in [1.807, 2.05) is 11.9 Å². The predicted octanol–water partition coefficient (Wildman–Crippen LogP) is 4.86. The van der Waals surface area contributed by atoms with Gasteiger partial charge < -0.3 is 14.4 Å². The highest BCUT2D eigenvalue weighted by Gasteiger charge is 2.55. The summed E-state index contributed by atoms with van der Waals surface area (Å²) in [6.07, 6.45) is 7.02. The number of rotatable bonds is 7. The number of ether oxygens (including phenoxy) is 2. The highest BCUT2D eigenvalue weighted by Crippen LogP contribution is 2.60. The molecule has 6 heteroatoms. The van der Waals surface area contributed by atoms with Crippen LogP contribution in [-0.2, 0) is 11.3 Å². The number of carbonyl (C=O) groups excluding carboxylic acids is 1. The van der Waals surface area contributed by atoms with E-state index >= 15 is 0 Å². The van der Waals surface area contributed by atoms with Crippen molar-refractivity contribution in [2.75, 3.05) is 13.7 Å². The molecule has 0 N–H and O–H groups in total. The minimum Gasteiger partial charge on any atom is -0.490 e. The van der Waals surface area contributed by atoms with Gasteiger partial charge in [0.25, 0.3) is 0 Å². The number of halogens is 2. The monoisotopic (exact) mass is 393 g/mol. The van der Waals surface area contributed by atoms with Gasteiger partial charge in [-0.15, -0.1) is 0 Å². The van der Waals surface area contributed by atoms with Crippen LogP contribution in [0.25, 0.3) is 0 Å². The quantitative estimate of drug-likeness (QED) is 0.664. The van der Waals surface area contributed by atoms with Crippen LogP contribution in [0.5, 0.6) is 11.5 Å². The minimum absolute atomic E-state index is 0.0238. The maximum Gasteiger partial charge on any atom is 0.387 e. The first-order chi connectivity index (χ1) is 13.4. The second-order valence-corrected chi connectivity index (χ2v) is 8.95. The van der Waals surface area contributed by atoms with E-state index in [-0.39, 0.29) is 22.8 Å². The molecule has 4 saturated carbocycles. The zero-order valence-electron chi connectivity index (χ0n) is 16.6. The molecule has 1 aromatic rings. The van der Waals surface area contributed by atoms with Gasteiger partial charge in [0.1, 0.15) is 0 Å². The van der Waals surface area contributed by atoms with Gasteiger partial charge in [0.15, 0.2) is 11.5 Å². The van der Waals surface area contributed by atoms with Crippen LogP contribution in [0.2, 0.25) is 0 Å². The molecule has 4 nitrogen and oxygen atoms in total. The summed E-state index contributed by atoms with van der Waals surface area (Å²) in [5.74, 6) is 2.72. The minimum atomic E-state index is -2.90. The lowest BCUT2D eigenvalue weighted by Crippen LogP contribution is -2.53. The molecule has 1 aromatic carbocycles. The largest absolute Gasteiger partial charge is 0.490 e. The van der Waals surface area contributed by atoms with Gasteiger partial charge in [-0.25, -0.2) is 0 Å². The molecule has 0 spiro atoms. The van der Waals surface area contributed by atoms with Gasteiger partial charge in [0, 0.05) is 13.6 Å². The van der Waals surface area contributed by atoms with E-state index in [2.05, 4.69) is 4.74 Å². The van der Waals surface area contributed by atoms with Crippen molar-refractivity contribution >= 4 is 5.91 Å². The first-order valence-electron chi connectivity index (χ1n) is 10.3. The molecule has 5 rings (SSSR count). The molecule has 1 amide bonds. The van der Waals surface area contributed by atoms with Gasteiger partial charge in [-0.3, -0.25) is 4.79 Å². The van der Waals surface area contributed by atoms with Gasteiger partial charge in [-0.2, -0.15) is 8.78 Å². The third-order valence-electron chi connectivity index (χ3n) is 6.78. The second kappa shape index (κ2) is 7.53. The van der Waals surface area contributed by atoms with Gasteiger partial charge in [0.2, 0.25) is 5.91 Å². The Kier molecular flexibility index (Phi) is 5.23. The smallest absolute Gasteiger partial charge is 0.387 e. The average molecular weight is 393 g/mol. The molecule has 4 fully saturated rings. The number of alkyl halides is 2. The van der Waals surface area contributed by atoms with Crippen molar-refractivity contribution in [2.24, 2.45) is 23.2 Å².